The minimum Gasteiger partial charge on any atom is -0.493 e. The van der Waals surface area contributed by atoms with Crippen molar-refractivity contribution in [1.29, 1.82) is 0 Å². The molecule has 0 radical (unpaired) electrons. The number of nitrogens with zero attached hydrogens (tertiary/aromatic N) is 3. The number of ether oxygens (including phenoxy) is 2. The van der Waals surface area contributed by atoms with Gasteiger partial charge in [-0.25, -0.2) is 0 Å². The molecule has 0 bridgehead atoms. The summed E-state index contributed by atoms with van der Waals surface area (Å²) >= 11 is 3.46. The lowest BCUT2D eigenvalue weighted by molar-refractivity contribution is -0.0512. The maximum absolute atomic E-state index is 12.6. The molecule has 6 nitrogen and oxygen atoms in total. The summed E-state index contributed by atoms with van der Waals surface area (Å²) in [5, 5.41) is 3.22. The van der Waals surface area contributed by atoms with Crippen molar-refractivity contribution in [3.8, 4) is 11.5 Å². The molecule has 156 valence electrons. The summed E-state index contributed by atoms with van der Waals surface area (Å²) in [4.78, 5) is 6.25. The number of methoxy groups -OCH3 is 1. The number of rotatable bonds is 7. The normalized spacial score (nSPS) is 11.2. The number of aryl methyl sites for hydroxylation is 1. The number of alkyl halides is 2. The average molecular weight is 573 g/mol. The molecule has 28 heavy (non-hydrogen) atoms. The summed E-state index contributed by atoms with van der Waals surface area (Å²) in [6, 6.07) is 6.95. The summed E-state index contributed by atoms with van der Waals surface area (Å²) in [5.74, 6) is 0.943. The molecule has 0 amide bonds. The molecule has 1 aromatic carbocycles. The zero-order chi connectivity index (χ0) is 20.0. The molecule has 2 aromatic rings. The molecular formula is C18H24BrF2IN4O2. The molecule has 1 N–H and O–H groups in total. The Morgan fingerprint density at radius 3 is 2.57 bits per heavy atom. The van der Waals surface area contributed by atoms with Crippen LogP contribution in [0.15, 0.2) is 39.9 Å². The molecule has 0 spiro atoms. The lowest BCUT2D eigenvalue weighted by Gasteiger charge is -2.22. The molecule has 1 aromatic heterocycles. The van der Waals surface area contributed by atoms with Crippen molar-refractivity contribution < 1.29 is 18.3 Å². The topological polar surface area (TPSA) is 51.0 Å². The van der Waals surface area contributed by atoms with Gasteiger partial charge in [0, 0.05) is 44.1 Å². The fraction of sp³-hybridized carbons (Fsp3) is 0.389. The van der Waals surface area contributed by atoms with Crippen molar-refractivity contribution in [1.82, 2.24) is 14.8 Å². The van der Waals surface area contributed by atoms with Gasteiger partial charge in [0.1, 0.15) is 0 Å². The van der Waals surface area contributed by atoms with E-state index in [2.05, 4.69) is 31.0 Å². The molecule has 0 fully saturated rings. The maximum Gasteiger partial charge on any atom is 0.387 e. The van der Waals surface area contributed by atoms with Gasteiger partial charge in [0.15, 0.2) is 17.5 Å². The highest BCUT2D eigenvalue weighted by Crippen LogP contribution is 2.29. The highest BCUT2D eigenvalue weighted by atomic mass is 127. The van der Waals surface area contributed by atoms with Crippen molar-refractivity contribution >= 4 is 45.9 Å². The Kier molecular flexibility index (Phi) is 10.0. The van der Waals surface area contributed by atoms with Crippen LogP contribution in [0.5, 0.6) is 11.5 Å². The summed E-state index contributed by atoms with van der Waals surface area (Å²) in [6.07, 6.45) is 1.99. The third kappa shape index (κ3) is 6.80. The monoisotopic (exact) mass is 572 g/mol. The van der Waals surface area contributed by atoms with Crippen molar-refractivity contribution in [2.45, 2.75) is 19.7 Å². The Morgan fingerprint density at radius 2 is 2.04 bits per heavy atom. The fourth-order valence-electron chi connectivity index (χ4n) is 2.63. The Morgan fingerprint density at radius 1 is 1.32 bits per heavy atom. The largest absolute Gasteiger partial charge is 0.493 e. The quantitative estimate of drug-likeness (QED) is 0.307. The van der Waals surface area contributed by atoms with E-state index in [0.717, 1.165) is 15.7 Å². The molecule has 0 aliphatic rings. The van der Waals surface area contributed by atoms with Crippen molar-refractivity contribution in [2.24, 2.45) is 12.0 Å². The van der Waals surface area contributed by atoms with Gasteiger partial charge < -0.3 is 24.3 Å². The van der Waals surface area contributed by atoms with E-state index in [9.17, 15) is 8.78 Å². The van der Waals surface area contributed by atoms with Crippen LogP contribution in [0.25, 0.3) is 0 Å². The molecule has 0 saturated carbocycles. The predicted octanol–water partition coefficient (Wildman–Crippen LogP) is 4.22. The molecular weight excluding hydrogens is 549 g/mol. The first-order valence-corrected chi connectivity index (χ1v) is 8.97. The number of aromatic nitrogens is 1. The van der Waals surface area contributed by atoms with Gasteiger partial charge >= 0.3 is 6.61 Å². The maximum atomic E-state index is 12.6. The van der Waals surface area contributed by atoms with Gasteiger partial charge in [-0.3, -0.25) is 4.99 Å². The number of hydrogen-bond donors (Lipinski definition) is 1. The summed E-state index contributed by atoms with van der Waals surface area (Å²) in [5.41, 5.74) is 1.88. The number of benzene rings is 1. The lowest BCUT2D eigenvalue weighted by atomic mass is 10.2. The minimum atomic E-state index is -2.91. The van der Waals surface area contributed by atoms with Crippen LogP contribution in [0.3, 0.4) is 0 Å². The van der Waals surface area contributed by atoms with Gasteiger partial charge in [-0.1, -0.05) is 6.07 Å². The SMILES string of the molecule is CN=C(NCc1ccc(OC)c(OC(F)F)c1)N(C)Cc1cc(Br)cn1C.I. The highest BCUT2D eigenvalue weighted by Gasteiger charge is 2.13. The van der Waals surface area contributed by atoms with E-state index in [1.54, 1.807) is 19.2 Å². The van der Waals surface area contributed by atoms with Crippen molar-refractivity contribution in [2.75, 3.05) is 21.2 Å². The zero-order valence-electron chi connectivity index (χ0n) is 16.1. The van der Waals surface area contributed by atoms with Gasteiger partial charge in [-0.05, 0) is 39.7 Å². The number of hydrogen-bond acceptors (Lipinski definition) is 3. The summed E-state index contributed by atoms with van der Waals surface area (Å²) < 4.78 is 37.7. The van der Waals surface area contributed by atoms with Gasteiger partial charge in [0.05, 0.1) is 13.7 Å². The summed E-state index contributed by atoms with van der Waals surface area (Å²) in [6.45, 7) is -1.85. The highest BCUT2D eigenvalue weighted by molar-refractivity contribution is 14.0. The van der Waals surface area contributed by atoms with E-state index in [1.807, 2.05) is 35.8 Å². The van der Waals surface area contributed by atoms with Crippen molar-refractivity contribution in [3.63, 3.8) is 0 Å². The average Bonchev–Trinajstić information content (AvgIpc) is 2.92. The third-order valence-corrected chi connectivity index (χ3v) is 4.38. The van der Waals surface area contributed by atoms with Crippen LogP contribution in [0.1, 0.15) is 11.3 Å². The molecule has 0 saturated heterocycles. The number of guanidine groups is 1. The van der Waals surface area contributed by atoms with Crippen LogP contribution in [-0.2, 0) is 20.1 Å². The van der Waals surface area contributed by atoms with E-state index in [-0.39, 0.29) is 35.5 Å². The molecule has 0 unspecified atom stereocenters. The first-order chi connectivity index (χ1) is 12.8. The number of halogens is 4. The van der Waals surface area contributed by atoms with E-state index in [4.69, 9.17) is 4.74 Å². The second-order valence-electron chi connectivity index (χ2n) is 5.88. The standard InChI is InChI=1S/C18H23BrF2N4O2.HI/c1-22-18(25(3)11-14-8-13(19)10-24(14)2)23-9-12-5-6-15(26-4)16(7-12)27-17(20)21;/h5-8,10,17H,9,11H2,1-4H3,(H,22,23);1H. The van der Waals surface area contributed by atoms with Gasteiger partial charge in [0.2, 0.25) is 0 Å². The van der Waals surface area contributed by atoms with E-state index in [1.165, 1.54) is 13.2 Å². The molecule has 0 aliphatic heterocycles. The van der Waals surface area contributed by atoms with E-state index in [0.29, 0.717) is 19.0 Å². The molecule has 0 atom stereocenters. The first-order valence-electron chi connectivity index (χ1n) is 8.18. The Hall–Kier alpha value is -1.56. The van der Waals surface area contributed by atoms with Crippen LogP contribution in [0.2, 0.25) is 0 Å². The minimum absolute atomic E-state index is 0. The summed E-state index contributed by atoms with van der Waals surface area (Å²) in [7, 11) is 7.01. The number of aliphatic imine (C=N–C) groups is 1. The van der Waals surface area contributed by atoms with Crippen LogP contribution in [0.4, 0.5) is 8.78 Å². The molecule has 10 heteroatoms. The second kappa shape index (κ2) is 11.4. The second-order valence-corrected chi connectivity index (χ2v) is 6.80. The smallest absolute Gasteiger partial charge is 0.387 e. The Bertz CT molecular complexity index is 802. The van der Waals surface area contributed by atoms with Gasteiger partial charge in [-0.15, -0.1) is 24.0 Å². The first kappa shape index (κ1) is 24.5. The molecule has 0 aliphatic carbocycles. The predicted molar refractivity (Wildman–Crippen MR) is 120 cm³/mol. The molecule has 1 heterocycles. The lowest BCUT2D eigenvalue weighted by Crippen LogP contribution is -2.38. The zero-order valence-corrected chi connectivity index (χ0v) is 20.0. The van der Waals surface area contributed by atoms with Crippen LogP contribution < -0.4 is 14.8 Å². The fourth-order valence-corrected chi connectivity index (χ4v) is 3.20. The van der Waals surface area contributed by atoms with Crippen molar-refractivity contribution in [3.05, 3.63) is 46.2 Å². The van der Waals surface area contributed by atoms with E-state index >= 15 is 0 Å². The third-order valence-electron chi connectivity index (χ3n) is 3.94. The van der Waals surface area contributed by atoms with Gasteiger partial charge in [0.25, 0.3) is 0 Å². The van der Waals surface area contributed by atoms with E-state index < -0.39 is 6.61 Å². The Balaban J connectivity index is 0.00000392. The van der Waals surface area contributed by atoms with Crippen LogP contribution in [0, 0.1) is 0 Å². The molecule has 2 rings (SSSR count). The Labute approximate surface area is 189 Å². The van der Waals surface area contributed by atoms with Gasteiger partial charge in [-0.2, -0.15) is 8.78 Å². The van der Waals surface area contributed by atoms with Crippen LogP contribution in [-0.4, -0.2) is 43.2 Å². The van der Waals surface area contributed by atoms with Crippen LogP contribution >= 0.6 is 39.9 Å². The number of nitrogens with one attached hydrogen (secondary N) is 1.